The van der Waals surface area contributed by atoms with Crippen molar-refractivity contribution in [1.29, 1.82) is 0 Å². The van der Waals surface area contributed by atoms with Crippen molar-refractivity contribution in [3.8, 4) is 0 Å². The maximum absolute atomic E-state index is 4.08. The fraction of sp³-hybridized carbons (Fsp3) is 0.583. The van der Waals surface area contributed by atoms with Crippen LogP contribution in [0.5, 0.6) is 0 Å². The summed E-state index contributed by atoms with van der Waals surface area (Å²) in [6.07, 6.45) is 9.85. The molecular weight excluding hydrogens is 204 g/mol. The number of hydrogen-bond acceptors (Lipinski definition) is 3. The largest absolute Gasteiger partial charge is 0.313 e. The molecule has 0 aliphatic carbocycles. The number of nitrogens with one attached hydrogen (secondary N) is 1. The molecule has 0 aliphatic heterocycles. The van der Waals surface area contributed by atoms with Crippen molar-refractivity contribution in [2.75, 3.05) is 18.6 Å². The Bertz CT molecular complexity index is 239. The molecule has 0 spiro atoms. The monoisotopic (exact) mass is 224 g/mol. The van der Waals surface area contributed by atoms with E-state index in [4.69, 9.17) is 0 Å². The molecule has 0 unspecified atom stereocenters. The van der Waals surface area contributed by atoms with E-state index in [-0.39, 0.29) is 0 Å². The Morgan fingerprint density at radius 2 is 2.27 bits per heavy atom. The van der Waals surface area contributed by atoms with Gasteiger partial charge < -0.3 is 5.32 Å². The molecular formula is C12H20N2S. The van der Waals surface area contributed by atoms with Crippen LogP contribution in [0.25, 0.3) is 0 Å². The van der Waals surface area contributed by atoms with Gasteiger partial charge in [-0.2, -0.15) is 11.8 Å². The molecule has 1 rings (SSSR count). The van der Waals surface area contributed by atoms with Crippen LogP contribution in [0.2, 0.25) is 0 Å². The second-order valence-corrected chi connectivity index (χ2v) is 4.58. The summed E-state index contributed by atoms with van der Waals surface area (Å²) < 4.78 is 0. The van der Waals surface area contributed by atoms with Crippen LogP contribution >= 0.6 is 11.8 Å². The minimum Gasteiger partial charge on any atom is -0.313 e. The molecule has 2 nitrogen and oxygen atoms in total. The first-order valence-corrected chi connectivity index (χ1v) is 6.91. The highest BCUT2D eigenvalue weighted by Crippen LogP contribution is 2.01. The number of nitrogens with zero attached hydrogens (tertiary/aromatic N) is 1. The van der Waals surface area contributed by atoms with Crippen LogP contribution in [-0.2, 0) is 6.54 Å². The second kappa shape index (κ2) is 8.74. The average molecular weight is 224 g/mol. The smallest absolute Gasteiger partial charge is 0.0312 e. The SMILES string of the molecule is CSCCCCCNCc1cccnc1. The maximum Gasteiger partial charge on any atom is 0.0312 e. The summed E-state index contributed by atoms with van der Waals surface area (Å²) in [5.74, 6) is 1.29. The molecule has 1 aromatic rings. The Morgan fingerprint density at radius 1 is 1.33 bits per heavy atom. The first-order chi connectivity index (χ1) is 7.43. The molecule has 1 heterocycles. The Hall–Kier alpha value is -0.540. The third-order valence-corrected chi connectivity index (χ3v) is 2.95. The third-order valence-electron chi connectivity index (χ3n) is 2.25. The Kier molecular flexibility index (Phi) is 7.30. The van der Waals surface area contributed by atoms with Gasteiger partial charge in [0.25, 0.3) is 0 Å². The average Bonchev–Trinajstić information content (AvgIpc) is 2.29. The zero-order chi connectivity index (χ0) is 10.8. The van der Waals surface area contributed by atoms with Gasteiger partial charge in [0.1, 0.15) is 0 Å². The van der Waals surface area contributed by atoms with Crippen molar-refractivity contribution in [1.82, 2.24) is 10.3 Å². The standard InChI is InChI=1S/C12H20N2S/c1-15-9-4-2-3-7-13-10-12-6-5-8-14-11-12/h5-6,8,11,13H,2-4,7,9-10H2,1H3. The van der Waals surface area contributed by atoms with Gasteiger partial charge in [0.15, 0.2) is 0 Å². The molecule has 0 amide bonds. The molecule has 3 heteroatoms. The summed E-state index contributed by atoms with van der Waals surface area (Å²) in [5, 5.41) is 3.43. The predicted octanol–water partition coefficient (Wildman–Crippen LogP) is 2.70. The lowest BCUT2D eigenvalue weighted by molar-refractivity contribution is 0.618. The third kappa shape index (κ3) is 6.52. The summed E-state index contributed by atoms with van der Waals surface area (Å²) in [6.45, 7) is 2.06. The number of unbranched alkanes of at least 4 members (excludes halogenated alkanes) is 2. The molecule has 0 saturated heterocycles. The van der Waals surface area contributed by atoms with Crippen LogP contribution in [0.3, 0.4) is 0 Å². The highest BCUT2D eigenvalue weighted by Gasteiger charge is 1.91. The lowest BCUT2D eigenvalue weighted by Crippen LogP contribution is -2.14. The molecule has 84 valence electrons. The second-order valence-electron chi connectivity index (χ2n) is 3.59. The van der Waals surface area contributed by atoms with Gasteiger partial charge in [-0.25, -0.2) is 0 Å². The van der Waals surface area contributed by atoms with E-state index < -0.39 is 0 Å². The van der Waals surface area contributed by atoms with E-state index in [2.05, 4.69) is 22.6 Å². The van der Waals surface area contributed by atoms with Crippen LogP contribution in [-0.4, -0.2) is 23.5 Å². The van der Waals surface area contributed by atoms with Gasteiger partial charge in [0, 0.05) is 18.9 Å². The minimum absolute atomic E-state index is 0.941. The normalized spacial score (nSPS) is 10.5. The van der Waals surface area contributed by atoms with Gasteiger partial charge in [-0.05, 0) is 43.0 Å². The molecule has 0 bridgehead atoms. The molecule has 15 heavy (non-hydrogen) atoms. The van der Waals surface area contributed by atoms with Crippen LogP contribution in [0, 0.1) is 0 Å². The Labute approximate surface area is 96.9 Å². The van der Waals surface area contributed by atoms with Crippen LogP contribution in [0.1, 0.15) is 24.8 Å². The summed E-state index contributed by atoms with van der Waals surface area (Å²) in [5.41, 5.74) is 1.27. The van der Waals surface area contributed by atoms with Crippen molar-refractivity contribution in [3.63, 3.8) is 0 Å². The first-order valence-electron chi connectivity index (χ1n) is 5.52. The van der Waals surface area contributed by atoms with Crippen molar-refractivity contribution >= 4 is 11.8 Å². The topological polar surface area (TPSA) is 24.9 Å². The molecule has 1 N–H and O–H groups in total. The predicted molar refractivity (Wildman–Crippen MR) is 68.2 cm³/mol. The van der Waals surface area contributed by atoms with Crippen molar-refractivity contribution in [3.05, 3.63) is 30.1 Å². The molecule has 0 aliphatic rings. The van der Waals surface area contributed by atoms with E-state index >= 15 is 0 Å². The minimum atomic E-state index is 0.941. The zero-order valence-corrected chi connectivity index (χ0v) is 10.2. The highest BCUT2D eigenvalue weighted by molar-refractivity contribution is 7.98. The molecule has 1 aromatic heterocycles. The number of pyridine rings is 1. The summed E-state index contributed by atoms with van der Waals surface area (Å²) in [7, 11) is 0. The Balaban J connectivity index is 1.93. The quantitative estimate of drug-likeness (QED) is 0.687. The molecule has 0 aromatic carbocycles. The van der Waals surface area contributed by atoms with E-state index in [1.165, 1.54) is 30.6 Å². The van der Waals surface area contributed by atoms with E-state index in [1.807, 2.05) is 30.2 Å². The van der Waals surface area contributed by atoms with Gasteiger partial charge in [-0.1, -0.05) is 12.5 Å². The molecule has 0 fully saturated rings. The van der Waals surface area contributed by atoms with Gasteiger partial charge in [0.2, 0.25) is 0 Å². The maximum atomic E-state index is 4.08. The van der Waals surface area contributed by atoms with Crippen LogP contribution in [0.15, 0.2) is 24.5 Å². The van der Waals surface area contributed by atoms with Gasteiger partial charge in [-0.3, -0.25) is 4.98 Å². The van der Waals surface area contributed by atoms with Crippen molar-refractivity contribution < 1.29 is 0 Å². The highest BCUT2D eigenvalue weighted by atomic mass is 32.2. The van der Waals surface area contributed by atoms with Gasteiger partial charge >= 0.3 is 0 Å². The van der Waals surface area contributed by atoms with Crippen LogP contribution < -0.4 is 5.32 Å². The van der Waals surface area contributed by atoms with E-state index in [0.717, 1.165) is 13.1 Å². The van der Waals surface area contributed by atoms with E-state index in [9.17, 15) is 0 Å². The van der Waals surface area contributed by atoms with E-state index in [1.54, 1.807) is 0 Å². The lowest BCUT2D eigenvalue weighted by Gasteiger charge is -2.04. The summed E-state index contributed by atoms with van der Waals surface area (Å²) in [6, 6.07) is 4.09. The molecule has 0 atom stereocenters. The molecule has 0 radical (unpaired) electrons. The lowest BCUT2D eigenvalue weighted by atomic mass is 10.2. The number of aromatic nitrogens is 1. The number of thioether (sulfide) groups is 1. The molecule has 0 saturated carbocycles. The van der Waals surface area contributed by atoms with Gasteiger partial charge in [0.05, 0.1) is 0 Å². The van der Waals surface area contributed by atoms with Crippen LogP contribution in [0.4, 0.5) is 0 Å². The number of hydrogen-bond donors (Lipinski definition) is 1. The van der Waals surface area contributed by atoms with E-state index in [0.29, 0.717) is 0 Å². The first kappa shape index (κ1) is 12.5. The van der Waals surface area contributed by atoms with Crippen molar-refractivity contribution in [2.45, 2.75) is 25.8 Å². The fourth-order valence-corrected chi connectivity index (χ4v) is 1.90. The fourth-order valence-electron chi connectivity index (χ4n) is 1.41. The number of rotatable bonds is 8. The van der Waals surface area contributed by atoms with Crippen molar-refractivity contribution in [2.24, 2.45) is 0 Å². The summed E-state index contributed by atoms with van der Waals surface area (Å²) in [4.78, 5) is 4.08. The Morgan fingerprint density at radius 3 is 3.00 bits per heavy atom. The zero-order valence-electron chi connectivity index (χ0n) is 9.41. The summed E-state index contributed by atoms with van der Waals surface area (Å²) >= 11 is 1.93. The van der Waals surface area contributed by atoms with Gasteiger partial charge in [-0.15, -0.1) is 0 Å².